The average molecular weight is 399 g/mol. The number of benzene rings is 3. The van der Waals surface area contributed by atoms with Crippen molar-refractivity contribution in [2.45, 2.75) is 34.1 Å². The second-order valence-corrected chi connectivity index (χ2v) is 9.72. The van der Waals surface area contributed by atoms with E-state index in [2.05, 4.69) is 125 Å². The molecule has 0 atom stereocenters. The van der Waals surface area contributed by atoms with Crippen LogP contribution in [-0.2, 0) is 0 Å². The Balaban J connectivity index is 0.000000166. The van der Waals surface area contributed by atoms with E-state index >= 15 is 0 Å². The van der Waals surface area contributed by atoms with Gasteiger partial charge >= 0.3 is 0 Å². The number of hydrogen-bond donors (Lipinski definition) is 0. The van der Waals surface area contributed by atoms with E-state index in [1.54, 1.807) is 0 Å². The molecular formula is C28H31P. The highest BCUT2D eigenvalue weighted by atomic mass is 31.1. The summed E-state index contributed by atoms with van der Waals surface area (Å²) in [6.45, 7) is 8.85. The minimum Gasteiger partial charge on any atom is -0.0837 e. The molecule has 3 aromatic carbocycles. The van der Waals surface area contributed by atoms with Gasteiger partial charge in [0.15, 0.2) is 0 Å². The number of aryl methyl sites for hydroxylation is 2. The van der Waals surface area contributed by atoms with Gasteiger partial charge in [-0.25, -0.2) is 0 Å². The van der Waals surface area contributed by atoms with Gasteiger partial charge in [-0.2, -0.15) is 0 Å². The lowest BCUT2D eigenvalue weighted by Gasteiger charge is -2.29. The minimum atomic E-state index is 0.274. The average Bonchev–Trinajstić information content (AvgIpc) is 2.72. The van der Waals surface area contributed by atoms with Crippen LogP contribution in [0, 0.1) is 19.3 Å². The molecule has 0 bridgehead atoms. The quantitative estimate of drug-likeness (QED) is 0.417. The minimum absolute atomic E-state index is 0.274. The lowest BCUT2D eigenvalue weighted by molar-refractivity contribution is 0.506. The molecule has 148 valence electrons. The fourth-order valence-electron chi connectivity index (χ4n) is 3.41. The molecule has 0 amide bonds. The van der Waals surface area contributed by atoms with Gasteiger partial charge in [0, 0.05) is 0 Å². The Bertz CT molecular complexity index is 916. The summed E-state index contributed by atoms with van der Waals surface area (Å²) < 4.78 is 0. The first-order chi connectivity index (χ1) is 13.9. The Morgan fingerprint density at radius 1 is 0.690 bits per heavy atom. The van der Waals surface area contributed by atoms with Crippen molar-refractivity contribution < 1.29 is 0 Å². The van der Waals surface area contributed by atoms with Crippen molar-refractivity contribution in [3.8, 4) is 0 Å². The van der Waals surface area contributed by atoms with Crippen molar-refractivity contribution in [2.75, 3.05) is 0 Å². The van der Waals surface area contributed by atoms with E-state index in [9.17, 15) is 0 Å². The fourth-order valence-corrected chi connectivity index (χ4v) is 4.41. The van der Waals surface area contributed by atoms with E-state index in [1.165, 1.54) is 32.9 Å². The highest BCUT2D eigenvalue weighted by Crippen LogP contribution is 2.39. The highest BCUT2D eigenvalue weighted by molar-refractivity contribution is 7.55. The van der Waals surface area contributed by atoms with Crippen LogP contribution in [0.4, 0.5) is 0 Å². The van der Waals surface area contributed by atoms with Crippen molar-refractivity contribution in [1.82, 2.24) is 0 Å². The molecule has 0 aromatic heterocycles. The molecule has 1 aliphatic rings. The van der Waals surface area contributed by atoms with Crippen LogP contribution in [0.3, 0.4) is 0 Å². The molecule has 0 radical (unpaired) electrons. The molecular weight excluding hydrogens is 367 g/mol. The molecule has 29 heavy (non-hydrogen) atoms. The van der Waals surface area contributed by atoms with E-state index in [4.69, 9.17) is 0 Å². The van der Waals surface area contributed by atoms with Crippen molar-refractivity contribution >= 4 is 24.8 Å². The normalized spacial score (nSPS) is 14.6. The molecule has 1 heteroatoms. The first-order valence-electron chi connectivity index (χ1n) is 10.3. The summed E-state index contributed by atoms with van der Waals surface area (Å²) in [7, 11) is 0.769. The largest absolute Gasteiger partial charge is 0.0837 e. The molecule has 0 saturated carbocycles. The van der Waals surface area contributed by atoms with Gasteiger partial charge in [0.1, 0.15) is 0 Å². The van der Waals surface area contributed by atoms with Gasteiger partial charge in [0.05, 0.1) is 0 Å². The summed E-state index contributed by atoms with van der Waals surface area (Å²) in [5.41, 5.74) is 5.72. The zero-order chi connectivity index (χ0) is 20.7. The van der Waals surface area contributed by atoms with Gasteiger partial charge in [0.25, 0.3) is 0 Å². The van der Waals surface area contributed by atoms with Gasteiger partial charge in [-0.1, -0.05) is 131 Å². The van der Waals surface area contributed by atoms with Crippen LogP contribution in [0.1, 0.15) is 37.0 Å². The maximum atomic E-state index is 2.30. The van der Waals surface area contributed by atoms with E-state index in [0.29, 0.717) is 0 Å². The number of rotatable bonds is 3. The summed E-state index contributed by atoms with van der Waals surface area (Å²) in [5.74, 6) is 0. The molecule has 0 N–H and O–H groups in total. The molecule has 0 fully saturated rings. The topological polar surface area (TPSA) is 0 Å². The Labute approximate surface area is 178 Å². The van der Waals surface area contributed by atoms with Crippen molar-refractivity contribution in [2.24, 2.45) is 5.41 Å². The lowest BCUT2D eigenvalue weighted by Crippen LogP contribution is -2.14. The lowest BCUT2D eigenvalue weighted by atomic mass is 9.75. The third-order valence-corrected chi connectivity index (χ3v) is 6.48. The van der Waals surface area contributed by atoms with Gasteiger partial charge in [-0.05, 0) is 47.4 Å². The maximum Gasteiger partial charge on any atom is -0.00631 e. The Morgan fingerprint density at radius 2 is 1.21 bits per heavy atom. The summed E-state index contributed by atoms with van der Waals surface area (Å²) in [6.07, 6.45) is 7.77. The predicted molar refractivity (Wildman–Crippen MR) is 132 cm³/mol. The Hall–Kier alpha value is -2.43. The summed E-state index contributed by atoms with van der Waals surface area (Å²) in [6, 6.07) is 28.2. The molecule has 0 unspecified atom stereocenters. The second-order valence-electron chi connectivity index (χ2n) is 8.32. The predicted octanol–water partition coefficient (Wildman–Crippen LogP) is 6.99. The van der Waals surface area contributed by atoms with Crippen molar-refractivity contribution in [3.63, 3.8) is 0 Å². The van der Waals surface area contributed by atoms with E-state index in [0.717, 1.165) is 15.0 Å². The smallest absolute Gasteiger partial charge is 0.00631 e. The van der Waals surface area contributed by atoms with Crippen LogP contribution in [0.15, 0.2) is 97.1 Å². The third-order valence-electron chi connectivity index (χ3n) is 5.23. The van der Waals surface area contributed by atoms with Crippen molar-refractivity contribution in [3.05, 3.63) is 114 Å². The van der Waals surface area contributed by atoms with Gasteiger partial charge in [0.2, 0.25) is 0 Å². The molecule has 4 rings (SSSR count). The molecule has 3 aromatic rings. The monoisotopic (exact) mass is 398 g/mol. The number of allylic oxidation sites excluding steroid dienone is 4. The standard InChI is InChI=1S/C14H15P.C14H16/c1-11-3-7-13(8-4-11)15-14-9-5-12(2)6-10-14;1-14(2)11-7-6-10-13(14)12-8-4-3-5-9-12/h3-10,15H,1-2H3;3-10H,11H2,1-2H3. The van der Waals surface area contributed by atoms with Crippen molar-refractivity contribution in [1.29, 1.82) is 0 Å². The molecule has 1 aliphatic carbocycles. The third kappa shape index (κ3) is 6.28. The number of hydrogen-bond acceptors (Lipinski definition) is 0. The van der Waals surface area contributed by atoms with Crippen LogP contribution >= 0.6 is 8.58 Å². The summed E-state index contributed by atoms with van der Waals surface area (Å²) in [4.78, 5) is 0. The van der Waals surface area contributed by atoms with Crippen LogP contribution in [-0.4, -0.2) is 0 Å². The molecule has 0 nitrogen and oxygen atoms in total. The molecule has 0 spiro atoms. The summed E-state index contributed by atoms with van der Waals surface area (Å²) in [5, 5.41) is 2.81. The van der Waals surface area contributed by atoms with Gasteiger partial charge in [-0.15, -0.1) is 0 Å². The van der Waals surface area contributed by atoms with Crippen LogP contribution in [0.5, 0.6) is 0 Å². The van der Waals surface area contributed by atoms with E-state index in [1.807, 2.05) is 0 Å². The first kappa shape index (κ1) is 21.3. The fraction of sp³-hybridized carbons (Fsp3) is 0.214. The Kier molecular flexibility index (Phi) is 7.24. The van der Waals surface area contributed by atoms with Crippen LogP contribution < -0.4 is 10.6 Å². The van der Waals surface area contributed by atoms with Gasteiger partial charge < -0.3 is 0 Å². The second kappa shape index (κ2) is 9.86. The van der Waals surface area contributed by atoms with E-state index < -0.39 is 0 Å². The van der Waals surface area contributed by atoms with E-state index in [-0.39, 0.29) is 5.41 Å². The summed E-state index contributed by atoms with van der Waals surface area (Å²) >= 11 is 0. The molecule has 0 aliphatic heterocycles. The first-order valence-corrected chi connectivity index (χ1v) is 11.3. The SMILES string of the molecule is CC1(C)CC=CC=C1c1ccccc1.Cc1ccc(Pc2ccc(C)cc2)cc1. The molecule has 0 heterocycles. The zero-order valence-corrected chi connectivity index (χ0v) is 18.9. The van der Waals surface area contributed by atoms with Gasteiger partial charge in [-0.3, -0.25) is 0 Å². The zero-order valence-electron chi connectivity index (χ0n) is 17.9. The van der Waals surface area contributed by atoms with Crippen LogP contribution in [0.2, 0.25) is 0 Å². The Morgan fingerprint density at radius 3 is 1.69 bits per heavy atom. The highest BCUT2D eigenvalue weighted by Gasteiger charge is 2.24. The van der Waals surface area contributed by atoms with Crippen LogP contribution in [0.25, 0.3) is 5.57 Å². The molecule has 0 saturated heterocycles. The maximum absolute atomic E-state index is 2.30.